The lowest BCUT2D eigenvalue weighted by Crippen LogP contribution is -2.01. The third-order valence-corrected chi connectivity index (χ3v) is 1.95. The first kappa shape index (κ1) is 8.75. The second-order valence-corrected chi connectivity index (χ2v) is 2.98. The zero-order chi connectivity index (χ0) is 9.97. The molecule has 0 aromatic heterocycles. The van der Waals surface area contributed by atoms with E-state index >= 15 is 0 Å². The number of fused-ring (bicyclic) bond motifs is 1. The Kier molecular flexibility index (Phi) is 2.19. The largest absolute Gasteiger partial charge is 0.426 e. The van der Waals surface area contributed by atoms with Crippen LogP contribution in [0.2, 0.25) is 0 Å². The number of rotatable bonds is 1. The summed E-state index contributed by atoms with van der Waals surface area (Å²) in [4.78, 5) is 10.6. The van der Waals surface area contributed by atoms with Crippen LogP contribution in [0.25, 0.3) is 10.8 Å². The Bertz CT molecular complexity index is 474. The van der Waals surface area contributed by atoms with Crippen molar-refractivity contribution in [1.29, 1.82) is 0 Å². The van der Waals surface area contributed by atoms with Crippen LogP contribution in [-0.4, -0.2) is 5.97 Å². The summed E-state index contributed by atoms with van der Waals surface area (Å²) in [6.45, 7) is 3.15. The molecule has 1 radical (unpaired) electrons. The van der Waals surface area contributed by atoms with Crippen LogP contribution < -0.4 is 4.74 Å². The molecule has 2 aromatic rings. The van der Waals surface area contributed by atoms with Gasteiger partial charge in [-0.05, 0) is 22.9 Å². The van der Waals surface area contributed by atoms with Gasteiger partial charge < -0.3 is 4.74 Å². The van der Waals surface area contributed by atoms with E-state index in [4.69, 9.17) is 4.74 Å². The van der Waals surface area contributed by atoms with Crippen LogP contribution >= 0.6 is 0 Å². The van der Waals surface area contributed by atoms with Crippen LogP contribution in [0.5, 0.6) is 5.75 Å². The van der Waals surface area contributed by atoms with Gasteiger partial charge in [0.1, 0.15) is 5.75 Å². The molecule has 0 unspecified atom stereocenters. The van der Waals surface area contributed by atoms with E-state index in [2.05, 4.69) is 6.92 Å². The predicted molar refractivity (Wildman–Crippen MR) is 54.9 cm³/mol. The van der Waals surface area contributed by atoms with Gasteiger partial charge in [0.25, 0.3) is 0 Å². The third kappa shape index (κ3) is 1.74. The van der Waals surface area contributed by atoms with Crippen molar-refractivity contribution in [2.24, 2.45) is 0 Å². The fourth-order valence-corrected chi connectivity index (χ4v) is 1.36. The van der Waals surface area contributed by atoms with Gasteiger partial charge in [0, 0.05) is 0 Å². The Morgan fingerprint density at radius 1 is 1.07 bits per heavy atom. The molecule has 0 N–H and O–H groups in total. The number of hydrogen-bond donors (Lipinski definition) is 0. The molecule has 0 heterocycles. The molecule has 0 fully saturated rings. The van der Waals surface area contributed by atoms with Gasteiger partial charge in [-0.1, -0.05) is 30.3 Å². The Morgan fingerprint density at radius 3 is 2.50 bits per heavy atom. The van der Waals surface area contributed by atoms with E-state index < -0.39 is 5.97 Å². The molecular formula is C12H9O2. The summed E-state index contributed by atoms with van der Waals surface area (Å²) >= 11 is 0. The van der Waals surface area contributed by atoms with Crippen molar-refractivity contribution >= 4 is 16.7 Å². The second-order valence-electron chi connectivity index (χ2n) is 2.98. The summed E-state index contributed by atoms with van der Waals surface area (Å²) in [5, 5.41) is 2.17. The first-order valence-electron chi connectivity index (χ1n) is 4.28. The summed E-state index contributed by atoms with van der Waals surface area (Å²) in [7, 11) is 0. The highest BCUT2D eigenvalue weighted by Crippen LogP contribution is 2.20. The number of ether oxygens (including phenoxy) is 1. The molecule has 2 aromatic carbocycles. The van der Waals surface area contributed by atoms with Crippen molar-refractivity contribution in [2.75, 3.05) is 0 Å². The van der Waals surface area contributed by atoms with E-state index in [0.29, 0.717) is 5.75 Å². The maximum absolute atomic E-state index is 10.6. The molecule has 14 heavy (non-hydrogen) atoms. The van der Waals surface area contributed by atoms with Gasteiger partial charge in [-0.25, -0.2) is 0 Å². The summed E-state index contributed by atoms with van der Waals surface area (Å²) in [5.41, 5.74) is 0. The van der Waals surface area contributed by atoms with E-state index in [0.717, 1.165) is 10.8 Å². The van der Waals surface area contributed by atoms with E-state index in [1.807, 2.05) is 36.4 Å². The first-order chi connectivity index (χ1) is 6.75. The third-order valence-electron chi connectivity index (χ3n) is 1.95. The lowest BCUT2D eigenvalue weighted by molar-refractivity contribution is -0.129. The van der Waals surface area contributed by atoms with Gasteiger partial charge in [0.2, 0.25) is 0 Å². The van der Waals surface area contributed by atoms with Crippen molar-refractivity contribution < 1.29 is 9.53 Å². The normalized spacial score (nSPS) is 10.1. The van der Waals surface area contributed by atoms with E-state index in [1.54, 1.807) is 6.07 Å². The van der Waals surface area contributed by atoms with Crippen molar-refractivity contribution in [1.82, 2.24) is 0 Å². The minimum atomic E-state index is -0.541. The molecule has 0 saturated carbocycles. The van der Waals surface area contributed by atoms with Gasteiger partial charge in [-0.15, -0.1) is 0 Å². The Labute approximate surface area is 82.1 Å². The maximum Gasteiger partial charge on any atom is 0.311 e. The average Bonchev–Trinajstić information content (AvgIpc) is 2.17. The highest BCUT2D eigenvalue weighted by Gasteiger charge is 1.98. The molecule has 0 aliphatic rings. The standard InChI is InChI=1S/C12H9O2/c1-9(13)14-12-7-6-10-4-2-3-5-11(10)8-12/h2-8H,1H2. The summed E-state index contributed by atoms with van der Waals surface area (Å²) in [5.74, 6) is -0.0102. The molecule has 0 atom stereocenters. The van der Waals surface area contributed by atoms with E-state index in [1.165, 1.54) is 0 Å². The summed E-state index contributed by atoms with van der Waals surface area (Å²) in [6.07, 6.45) is 0. The summed E-state index contributed by atoms with van der Waals surface area (Å²) < 4.78 is 4.87. The fraction of sp³-hybridized carbons (Fsp3) is 0. The molecule has 2 heteroatoms. The van der Waals surface area contributed by atoms with Crippen molar-refractivity contribution in [3.05, 3.63) is 49.4 Å². The van der Waals surface area contributed by atoms with Crippen LogP contribution in [0.1, 0.15) is 0 Å². The van der Waals surface area contributed by atoms with Crippen LogP contribution in [0.15, 0.2) is 42.5 Å². The molecule has 0 bridgehead atoms. The van der Waals surface area contributed by atoms with Crippen LogP contribution in [0.3, 0.4) is 0 Å². The van der Waals surface area contributed by atoms with Gasteiger partial charge in [-0.2, -0.15) is 0 Å². The van der Waals surface area contributed by atoms with Gasteiger partial charge in [-0.3, -0.25) is 4.79 Å². The van der Waals surface area contributed by atoms with E-state index in [-0.39, 0.29) is 0 Å². The van der Waals surface area contributed by atoms with Gasteiger partial charge >= 0.3 is 5.97 Å². The van der Waals surface area contributed by atoms with E-state index in [9.17, 15) is 4.79 Å². The van der Waals surface area contributed by atoms with Crippen molar-refractivity contribution in [3.63, 3.8) is 0 Å². The van der Waals surface area contributed by atoms with Crippen molar-refractivity contribution in [3.8, 4) is 5.75 Å². The number of esters is 1. The monoisotopic (exact) mass is 185 g/mol. The molecule has 0 spiro atoms. The molecule has 0 aliphatic heterocycles. The minimum Gasteiger partial charge on any atom is -0.426 e. The molecule has 0 saturated heterocycles. The van der Waals surface area contributed by atoms with Gasteiger partial charge in [0.05, 0.1) is 6.92 Å². The smallest absolute Gasteiger partial charge is 0.311 e. The van der Waals surface area contributed by atoms with Crippen LogP contribution in [0, 0.1) is 6.92 Å². The zero-order valence-electron chi connectivity index (χ0n) is 7.57. The number of hydrogen-bond acceptors (Lipinski definition) is 2. The highest BCUT2D eigenvalue weighted by atomic mass is 16.5. The molecule has 0 amide bonds. The predicted octanol–water partition coefficient (Wildman–Crippen LogP) is 2.58. The van der Waals surface area contributed by atoms with Crippen LogP contribution in [0.4, 0.5) is 0 Å². The molecular weight excluding hydrogens is 176 g/mol. The molecule has 0 aliphatic carbocycles. The second kappa shape index (κ2) is 3.50. The molecule has 2 nitrogen and oxygen atoms in total. The molecule has 2 rings (SSSR count). The Balaban J connectivity index is 2.46. The minimum absolute atomic E-state index is 0.531. The SMILES string of the molecule is [CH2]C(=O)Oc1ccc2ccccc2c1. The fourth-order valence-electron chi connectivity index (χ4n) is 1.36. The van der Waals surface area contributed by atoms with Crippen molar-refractivity contribution in [2.45, 2.75) is 0 Å². The number of carbonyl (C=O) groups is 1. The lowest BCUT2D eigenvalue weighted by atomic mass is 10.1. The summed E-state index contributed by atoms with van der Waals surface area (Å²) in [6, 6.07) is 13.4. The molecule has 69 valence electrons. The number of benzene rings is 2. The van der Waals surface area contributed by atoms with Gasteiger partial charge in [0.15, 0.2) is 0 Å². The highest BCUT2D eigenvalue weighted by molar-refractivity contribution is 5.85. The van der Waals surface area contributed by atoms with Crippen LogP contribution in [-0.2, 0) is 4.79 Å². The maximum atomic E-state index is 10.6. The Morgan fingerprint density at radius 2 is 1.79 bits per heavy atom. The zero-order valence-corrected chi connectivity index (χ0v) is 7.57. The topological polar surface area (TPSA) is 26.3 Å². The quantitative estimate of drug-likeness (QED) is 0.504. The Hall–Kier alpha value is -1.83. The lowest BCUT2D eigenvalue weighted by Gasteiger charge is -2.02. The average molecular weight is 185 g/mol. The first-order valence-corrected chi connectivity index (χ1v) is 4.28. The number of carbonyl (C=O) groups excluding carboxylic acids is 1.